The van der Waals surface area contributed by atoms with Gasteiger partial charge < -0.3 is 14.6 Å². The van der Waals surface area contributed by atoms with E-state index in [1.807, 2.05) is 6.92 Å². The van der Waals surface area contributed by atoms with Crippen LogP contribution in [0.5, 0.6) is 5.88 Å². The summed E-state index contributed by atoms with van der Waals surface area (Å²) in [7, 11) is 1.39. The SMILES string of the molecule is CCCC(O)Cn1nc(OCc2ccccc2/C(=C\OC)C(=O)c2ccccn2)c(C(F)(F)F)c1Br. The van der Waals surface area contributed by atoms with Crippen LogP contribution in [0.25, 0.3) is 5.57 Å². The van der Waals surface area contributed by atoms with E-state index in [9.17, 15) is 23.1 Å². The summed E-state index contributed by atoms with van der Waals surface area (Å²) in [6, 6.07) is 11.5. The fourth-order valence-electron chi connectivity index (χ4n) is 3.55. The van der Waals surface area contributed by atoms with Gasteiger partial charge in [-0.1, -0.05) is 43.7 Å². The highest BCUT2D eigenvalue weighted by Gasteiger charge is 2.41. The molecule has 0 aliphatic rings. The summed E-state index contributed by atoms with van der Waals surface area (Å²) < 4.78 is 52.9. The highest BCUT2D eigenvalue weighted by Crippen LogP contribution is 2.41. The van der Waals surface area contributed by atoms with Crippen LogP contribution >= 0.6 is 15.9 Å². The highest BCUT2D eigenvalue weighted by molar-refractivity contribution is 9.10. The molecule has 0 amide bonds. The second-order valence-corrected chi connectivity index (χ2v) is 8.60. The predicted molar refractivity (Wildman–Crippen MR) is 130 cm³/mol. The number of alkyl halides is 3. The number of carbonyl (C=O) groups excluding carboxylic acids is 1. The molecule has 1 unspecified atom stereocenters. The van der Waals surface area contributed by atoms with Crippen LogP contribution in [0, 0.1) is 0 Å². The number of carbonyl (C=O) groups is 1. The average molecular weight is 568 g/mol. The van der Waals surface area contributed by atoms with Gasteiger partial charge in [0, 0.05) is 6.20 Å². The number of benzene rings is 1. The van der Waals surface area contributed by atoms with Crippen molar-refractivity contribution in [3.63, 3.8) is 0 Å². The molecule has 7 nitrogen and oxygen atoms in total. The van der Waals surface area contributed by atoms with E-state index in [1.54, 1.807) is 42.5 Å². The maximum atomic E-state index is 13.8. The first kappa shape index (κ1) is 27.4. The summed E-state index contributed by atoms with van der Waals surface area (Å²) in [5, 5.41) is 14.0. The van der Waals surface area contributed by atoms with E-state index in [1.165, 1.54) is 19.6 Å². The number of halogens is 4. The Morgan fingerprint density at radius 2 is 1.94 bits per heavy atom. The summed E-state index contributed by atoms with van der Waals surface area (Å²) in [4.78, 5) is 17.2. The van der Waals surface area contributed by atoms with Gasteiger partial charge in [-0.3, -0.25) is 14.5 Å². The number of methoxy groups -OCH3 is 1. The molecule has 2 heterocycles. The molecular weight excluding hydrogens is 543 g/mol. The molecule has 1 atom stereocenters. The van der Waals surface area contributed by atoms with Crippen molar-refractivity contribution in [1.82, 2.24) is 14.8 Å². The van der Waals surface area contributed by atoms with Crippen molar-refractivity contribution in [2.75, 3.05) is 7.11 Å². The zero-order chi connectivity index (χ0) is 26.3. The van der Waals surface area contributed by atoms with Gasteiger partial charge in [-0.25, -0.2) is 0 Å². The molecule has 0 aliphatic carbocycles. The zero-order valence-corrected chi connectivity index (χ0v) is 21.2. The Kier molecular flexibility index (Phi) is 9.27. The number of aliphatic hydroxyl groups excluding tert-OH is 1. The summed E-state index contributed by atoms with van der Waals surface area (Å²) >= 11 is 2.96. The van der Waals surface area contributed by atoms with Crippen molar-refractivity contribution in [3.05, 3.63) is 81.9 Å². The number of ketones is 1. The number of aliphatic hydroxyl groups is 1. The number of nitrogens with zero attached hydrogens (tertiary/aromatic N) is 3. The third kappa shape index (κ3) is 6.52. The Bertz CT molecular complexity index is 1210. The lowest BCUT2D eigenvalue weighted by Crippen LogP contribution is -2.17. The largest absolute Gasteiger partial charge is 0.504 e. The van der Waals surface area contributed by atoms with Crippen LogP contribution in [0.1, 0.15) is 46.9 Å². The van der Waals surface area contributed by atoms with Crippen LogP contribution in [-0.2, 0) is 24.1 Å². The number of pyridine rings is 1. The molecule has 0 spiro atoms. The monoisotopic (exact) mass is 567 g/mol. The molecule has 0 radical (unpaired) electrons. The molecule has 0 fully saturated rings. The van der Waals surface area contributed by atoms with Gasteiger partial charge in [0.05, 0.1) is 31.6 Å². The molecule has 0 aliphatic heterocycles. The van der Waals surface area contributed by atoms with Crippen LogP contribution in [0.15, 0.2) is 59.5 Å². The standard InChI is InChI=1S/C25H25BrF3N3O4/c1-3-8-17(33)13-32-23(26)21(25(27,28)29)24(31-32)36-14-16-9-4-5-10-18(16)19(15-35-2)22(34)20-11-6-7-12-30-20/h4-7,9-12,15,17,33H,3,8,13-14H2,1-2H3/b19-15+. The molecule has 1 aromatic carbocycles. The Labute approximate surface area is 214 Å². The fourth-order valence-corrected chi connectivity index (χ4v) is 4.17. The minimum absolute atomic E-state index is 0.128. The lowest BCUT2D eigenvalue weighted by atomic mass is 9.96. The van der Waals surface area contributed by atoms with Crippen LogP contribution in [-0.4, -0.2) is 38.9 Å². The van der Waals surface area contributed by atoms with Gasteiger partial charge in [0.2, 0.25) is 11.7 Å². The third-order valence-electron chi connectivity index (χ3n) is 5.20. The normalized spacial score (nSPS) is 12.9. The van der Waals surface area contributed by atoms with Crippen molar-refractivity contribution in [2.45, 2.75) is 45.2 Å². The van der Waals surface area contributed by atoms with Crippen LogP contribution in [0.2, 0.25) is 0 Å². The maximum Gasteiger partial charge on any atom is 0.424 e. The van der Waals surface area contributed by atoms with E-state index in [2.05, 4.69) is 26.0 Å². The lowest BCUT2D eigenvalue weighted by Gasteiger charge is -2.13. The lowest BCUT2D eigenvalue weighted by molar-refractivity contribution is -0.139. The third-order valence-corrected chi connectivity index (χ3v) is 6.00. The first-order valence-corrected chi connectivity index (χ1v) is 11.9. The van der Waals surface area contributed by atoms with Gasteiger partial charge in [-0.2, -0.15) is 13.2 Å². The molecule has 36 heavy (non-hydrogen) atoms. The van der Waals surface area contributed by atoms with E-state index in [0.29, 0.717) is 24.0 Å². The Morgan fingerprint density at radius 1 is 1.22 bits per heavy atom. The van der Waals surface area contributed by atoms with E-state index in [0.717, 1.165) is 4.68 Å². The van der Waals surface area contributed by atoms with Crippen LogP contribution in [0.4, 0.5) is 13.2 Å². The number of hydrogen-bond donors (Lipinski definition) is 1. The molecule has 192 valence electrons. The number of rotatable bonds is 11. The summed E-state index contributed by atoms with van der Waals surface area (Å²) in [6.45, 7) is 1.42. The number of hydrogen-bond acceptors (Lipinski definition) is 6. The van der Waals surface area contributed by atoms with Crippen LogP contribution in [0.3, 0.4) is 0 Å². The maximum absolute atomic E-state index is 13.8. The zero-order valence-electron chi connectivity index (χ0n) is 19.6. The average Bonchev–Trinajstić information content (AvgIpc) is 3.16. The summed E-state index contributed by atoms with van der Waals surface area (Å²) in [5.74, 6) is -1.06. The fraction of sp³-hybridized carbons (Fsp3) is 0.320. The number of allylic oxidation sites excluding steroid dienone is 1. The molecule has 2 aromatic heterocycles. The van der Waals surface area contributed by atoms with Gasteiger partial charge in [0.15, 0.2) is 5.56 Å². The number of ether oxygens (including phenoxy) is 2. The quantitative estimate of drug-likeness (QED) is 0.182. The highest BCUT2D eigenvalue weighted by atomic mass is 79.9. The molecule has 0 saturated heterocycles. The van der Waals surface area contributed by atoms with Gasteiger partial charge in [0.25, 0.3) is 0 Å². The topological polar surface area (TPSA) is 86.5 Å². The molecule has 3 rings (SSSR count). The van der Waals surface area contributed by atoms with Gasteiger partial charge in [0.1, 0.15) is 16.9 Å². The summed E-state index contributed by atoms with van der Waals surface area (Å²) in [6.07, 6.45) is -1.79. The molecule has 1 N–H and O–H groups in total. The van der Waals surface area contributed by atoms with E-state index >= 15 is 0 Å². The van der Waals surface area contributed by atoms with Gasteiger partial charge >= 0.3 is 6.18 Å². The molecular formula is C25H25BrF3N3O4. The summed E-state index contributed by atoms with van der Waals surface area (Å²) in [5.41, 5.74) is 0.126. The van der Waals surface area contributed by atoms with Crippen molar-refractivity contribution >= 4 is 27.3 Å². The minimum atomic E-state index is -4.75. The number of Topliss-reactive ketones (excluding diaryl/α,β-unsaturated/α-hetero) is 1. The first-order valence-electron chi connectivity index (χ1n) is 11.1. The molecule has 11 heteroatoms. The van der Waals surface area contributed by atoms with E-state index < -0.39 is 29.5 Å². The molecule has 3 aromatic rings. The van der Waals surface area contributed by atoms with Gasteiger partial charge in [-0.15, -0.1) is 5.10 Å². The first-order chi connectivity index (χ1) is 17.2. The molecule has 0 saturated carbocycles. The minimum Gasteiger partial charge on any atom is -0.504 e. The Morgan fingerprint density at radius 3 is 2.58 bits per heavy atom. The second kappa shape index (κ2) is 12.2. The van der Waals surface area contributed by atoms with Gasteiger partial charge in [-0.05, 0) is 45.6 Å². The van der Waals surface area contributed by atoms with Crippen molar-refractivity contribution < 1.29 is 32.5 Å². The van der Waals surface area contributed by atoms with E-state index in [-0.39, 0.29) is 29.0 Å². The van der Waals surface area contributed by atoms with Crippen molar-refractivity contribution in [2.24, 2.45) is 0 Å². The van der Waals surface area contributed by atoms with Crippen molar-refractivity contribution in [1.29, 1.82) is 0 Å². The smallest absolute Gasteiger partial charge is 0.424 e. The predicted octanol–water partition coefficient (Wildman–Crippen LogP) is 5.67. The second-order valence-electron chi connectivity index (χ2n) is 7.85. The van der Waals surface area contributed by atoms with Crippen molar-refractivity contribution in [3.8, 4) is 5.88 Å². The molecule has 0 bridgehead atoms. The van der Waals surface area contributed by atoms with E-state index in [4.69, 9.17) is 9.47 Å². The Balaban J connectivity index is 1.94. The number of aromatic nitrogens is 3. The Hall–Kier alpha value is -3.18. The van der Waals surface area contributed by atoms with Crippen LogP contribution < -0.4 is 4.74 Å².